The molecule has 1 unspecified atom stereocenters. The molecule has 0 aliphatic heterocycles. The summed E-state index contributed by atoms with van der Waals surface area (Å²) in [5.74, 6) is 2.61. The number of hydrogen-bond donors (Lipinski definition) is 1. The Bertz CT molecular complexity index is 619. The molecular weight excluding hydrogens is 374 g/mol. The third kappa shape index (κ3) is 7.08. The zero-order valence-corrected chi connectivity index (χ0v) is 18.1. The molecule has 7 nitrogen and oxygen atoms in total. The second-order valence-corrected chi connectivity index (χ2v) is 7.64. The molecule has 1 aromatic rings. The van der Waals surface area contributed by atoms with Crippen LogP contribution in [0.5, 0.6) is 23.0 Å². The Kier molecular flexibility index (Phi) is 9.54. The van der Waals surface area contributed by atoms with E-state index in [-0.39, 0.29) is 12.5 Å². The van der Waals surface area contributed by atoms with E-state index < -0.39 is 6.10 Å². The number of carbonyl (C=O) groups excluding carboxylic acids is 1. The highest BCUT2D eigenvalue weighted by molar-refractivity contribution is 5.81. The Balaban J connectivity index is 1.78. The molecule has 1 aliphatic carbocycles. The van der Waals surface area contributed by atoms with E-state index in [4.69, 9.17) is 18.9 Å². The zero-order valence-electron chi connectivity index (χ0n) is 18.1. The van der Waals surface area contributed by atoms with Crippen molar-refractivity contribution in [1.29, 1.82) is 0 Å². The maximum absolute atomic E-state index is 12.3. The lowest BCUT2D eigenvalue weighted by Crippen LogP contribution is -2.35. The van der Waals surface area contributed by atoms with Gasteiger partial charge in [0.15, 0.2) is 11.5 Å². The fourth-order valence-electron chi connectivity index (χ4n) is 3.77. The summed E-state index contributed by atoms with van der Waals surface area (Å²) in [7, 11) is 6.54. The molecule has 164 valence electrons. The fraction of sp³-hybridized carbons (Fsp3) is 0.682. The summed E-state index contributed by atoms with van der Waals surface area (Å²) in [5.41, 5.74) is 0. The van der Waals surface area contributed by atoms with Gasteiger partial charge in [-0.2, -0.15) is 0 Å². The Morgan fingerprint density at radius 1 is 1.10 bits per heavy atom. The number of Topliss-reactive ketones (excluding diaryl/α,β-unsaturated/α-hetero) is 1. The van der Waals surface area contributed by atoms with E-state index in [1.54, 1.807) is 33.5 Å². The van der Waals surface area contributed by atoms with Crippen LogP contribution in [0, 0.1) is 5.92 Å². The van der Waals surface area contributed by atoms with Crippen molar-refractivity contribution in [2.45, 2.75) is 44.6 Å². The number of aliphatic hydroxyl groups is 1. The predicted molar refractivity (Wildman–Crippen MR) is 111 cm³/mol. The summed E-state index contributed by atoms with van der Waals surface area (Å²) < 4.78 is 21.6. The molecule has 0 aromatic heterocycles. The van der Waals surface area contributed by atoms with E-state index in [2.05, 4.69) is 0 Å². The fourth-order valence-corrected chi connectivity index (χ4v) is 3.77. The summed E-state index contributed by atoms with van der Waals surface area (Å²) in [5, 5.41) is 10.3. The number of ether oxygens (including phenoxy) is 4. The van der Waals surface area contributed by atoms with E-state index in [1.165, 1.54) is 19.3 Å². The molecule has 1 aromatic carbocycles. The number of carbonyl (C=O) groups is 1. The Hall–Kier alpha value is -1.99. The van der Waals surface area contributed by atoms with E-state index in [0.29, 0.717) is 48.3 Å². The van der Waals surface area contributed by atoms with Crippen LogP contribution in [0.3, 0.4) is 0 Å². The molecule has 7 heteroatoms. The molecule has 29 heavy (non-hydrogen) atoms. The van der Waals surface area contributed by atoms with Crippen molar-refractivity contribution in [3.8, 4) is 23.0 Å². The van der Waals surface area contributed by atoms with Crippen molar-refractivity contribution >= 4 is 5.78 Å². The second kappa shape index (κ2) is 11.9. The minimum absolute atomic E-state index is 0.125. The first-order valence-corrected chi connectivity index (χ1v) is 10.3. The van der Waals surface area contributed by atoms with E-state index in [0.717, 1.165) is 12.8 Å². The zero-order chi connectivity index (χ0) is 21.2. The van der Waals surface area contributed by atoms with Crippen LogP contribution in [0.4, 0.5) is 0 Å². The van der Waals surface area contributed by atoms with Gasteiger partial charge < -0.3 is 29.0 Å². The lowest BCUT2D eigenvalue weighted by atomic mass is 9.85. The third-order valence-corrected chi connectivity index (χ3v) is 5.40. The number of benzene rings is 1. The third-order valence-electron chi connectivity index (χ3n) is 5.40. The minimum atomic E-state index is -0.677. The lowest BCUT2D eigenvalue weighted by Gasteiger charge is -2.23. The summed E-state index contributed by atoms with van der Waals surface area (Å²) in [6, 6.07) is 3.39. The lowest BCUT2D eigenvalue weighted by molar-refractivity contribution is -0.124. The topological polar surface area (TPSA) is 77.5 Å². The molecule has 0 spiro atoms. The largest absolute Gasteiger partial charge is 0.493 e. The van der Waals surface area contributed by atoms with Gasteiger partial charge in [0.05, 0.1) is 21.3 Å². The number of nitrogens with zero attached hydrogens (tertiary/aromatic N) is 1. The number of aliphatic hydroxyl groups excluding tert-OH is 1. The Morgan fingerprint density at radius 2 is 1.72 bits per heavy atom. The molecule has 0 amide bonds. The smallest absolute Gasteiger partial charge is 0.203 e. The molecule has 1 aliphatic rings. The van der Waals surface area contributed by atoms with Crippen molar-refractivity contribution < 1.29 is 28.8 Å². The molecular formula is C22H35NO6. The van der Waals surface area contributed by atoms with E-state index in [1.807, 2.05) is 11.9 Å². The Labute approximate surface area is 173 Å². The normalized spacial score (nSPS) is 15.8. The monoisotopic (exact) mass is 409 g/mol. The van der Waals surface area contributed by atoms with Crippen LogP contribution in [0.1, 0.15) is 38.5 Å². The average Bonchev–Trinajstić information content (AvgIpc) is 2.75. The Morgan fingerprint density at radius 3 is 2.28 bits per heavy atom. The summed E-state index contributed by atoms with van der Waals surface area (Å²) in [6.07, 6.45) is 5.53. The van der Waals surface area contributed by atoms with Crippen LogP contribution >= 0.6 is 0 Å². The van der Waals surface area contributed by atoms with Gasteiger partial charge in [-0.3, -0.25) is 4.79 Å². The second-order valence-electron chi connectivity index (χ2n) is 7.64. The van der Waals surface area contributed by atoms with Gasteiger partial charge in [-0.25, -0.2) is 0 Å². The van der Waals surface area contributed by atoms with Crippen LogP contribution in [-0.4, -0.2) is 70.0 Å². The van der Waals surface area contributed by atoms with Gasteiger partial charge in [0.2, 0.25) is 5.75 Å². The molecule has 0 radical (unpaired) electrons. The highest BCUT2D eigenvalue weighted by Gasteiger charge is 2.21. The van der Waals surface area contributed by atoms with E-state index >= 15 is 0 Å². The number of likely N-dealkylation sites (N-methyl/N-ethyl adjacent to an activating group) is 1. The highest BCUT2D eigenvalue weighted by atomic mass is 16.5. The first kappa shape index (κ1) is 23.3. The van der Waals surface area contributed by atoms with Crippen molar-refractivity contribution in [2.75, 3.05) is 48.1 Å². The van der Waals surface area contributed by atoms with Crippen LogP contribution in [-0.2, 0) is 4.79 Å². The summed E-state index contributed by atoms with van der Waals surface area (Å²) in [6.45, 7) is 1.21. The van der Waals surface area contributed by atoms with Crippen molar-refractivity contribution in [2.24, 2.45) is 5.92 Å². The van der Waals surface area contributed by atoms with Crippen molar-refractivity contribution in [1.82, 2.24) is 4.90 Å². The molecule has 2 rings (SSSR count). The molecule has 0 saturated heterocycles. The van der Waals surface area contributed by atoms with Gasteiger partial charge in [0.25, 0.3) is 0 Å². The number of methoxy groups -OCH3 is 3. The molecule has 1 atom stereocenters. The van der Waals surface area contributed by atoms with Gasteiger partial charge in [-0.15, -0.1) is 0 Å². The highest BCUT2D eigenvalue weighted by Crippen LogP contribution is 2.40. The van der Waals surface area contributed by atoms with Crippen LogP contribution in [0.2, 0.25) is 0 Å². The molecule has 1 N–H and O–H groups in total. The van der Waals surface area contributed by atoms with Crippen LogP contribution in [0.25, 0.3) is 0 Å². The summed E-state index contributed by atoms with van der Waals surface area (Å²) in [4.78, 5) is 14.3. The van der Waals surface area contributed by atoms with Crippen molar-refractivity contribution in [3.05, 3.63) is 12.1 Å². The summed E-state index contributed by atoms with van der Waals surface area (Å²) >= 11 is 0. The minimum Gasteiger partial charge on any atom is -0.493 e. The number of ketones is 1. The van der Waals surface area contributed by atoms with Crippen molar-refractivity contribution in [3.63, 3.8) is 0 Å². The number of hydrogen-bond acceptors (Lipinski definition) is 7. The molecule has 0 heterocycles. The molecule has 0 bridgehead atoms. The maximum atomic E-state index is 12.3. The van der Waals surface area contributed by atoms with Crippen LogP contribution < -0.4 is 18.9 Å². The van der Waals surface area contributed by atoms with E-state index in [9.17, 15) is 9.90 Å². The standard InChI is InChI=1S/C22H35NO6/c1-23(11-10-19(25)16-8-6-5-7-9-16)14-17(24)15-29-18-12-20(26-2)22(28-4)21(13-18)27-3/h12-13,16-17,24H,5-11,14-15H2,1-4H3. The average molecular weight is 410 g/mol. The van der Waals surface area contributed by atoms with Crippen LogP contribution in [0.15, 0.2) is 12.1 Å². The quantitative estimate of drug-likeness (QED) is 0.569. The van der Waals surface area contributed by atoms with Gasteiger partial charge in [0, 0.05) is 37.6 Å². The molecule has 1 saturated carbocycles. The van der Waals surface area contributed by atoms with Gasteiger partial charge in [0.1, 0.15) is 24.2 Å². The van der Waals surface area contributed by atoms with Gasteiger partial charge in [-0.1, -0.05) is 19.3 Å². The first-order chi connectivity index (χ1) is 14.0. The number of rotatable bonds is 12. The SMILES string of the molecule is COc1cc(OCC(O)CN(C)CCC(=O)C2CCCCC2)cc(OC)c1OC. The van der Waals surface area contributed by atoms with Gasteiger partial charge >= 0.3 is 0 Å². The van der Waals surface area contributed by atoms with Gasteiger partial charge in [-0.05, 0) is 19.9 Å². The maximum Gasteiger partial charge on any atom is 0.203 e. The first-order valence-electron chi connectivity index (χ1n) is 10.3. The molecule has 1 fully saturated rings. The predicted octanol–water partition coefficient (Wildman–Crippen LogP) is 2.92.